The lowest BCUT2D eigenvalue weighted by atomic mass is 10.3. The molecule has 1 saturated heterocycles. The molecule has 3 rings (SSSR count). The first kappa shape index (κ1) is 16.7. The second-order valence-corrected chi connectivity index (χ2v) is 6.24. The van der Waals surface area contributed by atoms with Crippen LogP contribution in [0, 0.1) is 0 Å². The third-order valence-electron chi connectivity index (χ3n) is 3.68. The SMILES string of the molecule is O=C(NNc1ccc(Cl)cc1Cl)Nc1cccnc1N1CCCC1. The maximum atomic E-state index is 12.1. The number of hydrogen-bond donors (Lipinski definition) is 3. The number of nitrogens with zero attached hydrogens (tertiary/aromatic N) is 2. The topological polar surface area (TPSA) is 69.3 Å². The molecule has 6 nitrogen and oxygen atoms in total. The number of pyridine rings is 1. The highest BCUT2D eigenvalue weighted by Crippen LogP contribution is 2.26. The number of halogens is 2. The van der Waals surface area contributed by atoms with Crippen molar-refractivity contribution in [2.45, 2.75) is 12.8 Å². The summed E-state index contributed by atoms with van der Waals surface area (Å²) < 4.78 is 0. The first-order valence-electron chi connectivity index (χ1n) is 7.61. The van der Waals surface area contributed by atoms with Gasteiger partial charge in [0.25, 0.3) is 0 Å². The lowest BCUT2D eigenvalue weighted by Gasteiger charge is -2.20. The van der Waals surface area contributed by atoms with Crippen LogP contribution in [0.15, 0.2) is 36.5 Å². The van der Waals surface area contributed by atoms with E-state index in [1.54, 1.807) is 30.5 Å². The minimum atomic E-state index is -0.408. The standard InChI is InChI=1S/C16H17Cl2N5O/c17-11-5-6-13(12(18)10-11)21-22-16(24)20-14-4-3-7-19-15(14)23-8-1-2-9-23/h3-7,10,21H,1-2,8-9H2,(H2,20,22,24). The fourth-order valence-corrected chi connectivity index (χ4v) is 3.00. The van der Waals surface area contributed by atoms with Crippen LogP contribution in [0.4, 0.5) is 22.0 Å². The molecule has 8 heteroatoms. The van der Waals surface area contributed by atoms with Gasteiger partial charge in [0.05, 0.1) is 16.4 Å². The molecule has 24 heavy (non-hydrogen) atoms. The summed E-state index contributed by atoms with van der Waals surface area (Å²) in [5, 5.41) is 3.75. The van der Waals surface area contributed by atoms with Gasteiger partial charge in [-0.2, -0.15) is 0 Å². The van der Waals surface area contributed by atoms with Gasteiger partial charge < -0.3 is 10.2 Å². The molecule has 0 radical (unpaired) electrons. The molecule has 0 saturated carbocycles. The van der Waals surface area contributed by atoms with Gasteiger partial charge in [-0.15, -0.1) is 0 Å². The fraction of sp³-hybridized carbons (Fsp3) is 0.250. The highest BCUT2D eigenvalue weighted by Gasteiger charge is 2.17. The van der Waals surface area contributed by atoms with Gasteiger partial charge >= 0.3 is 6.03 Å². The molecular formula is C16H17Cl2N5O. The number of amides is 2. The monoisotopic (exact) mass is 365 g/mol. The van der Waals surface area contributed by atoms with Crippen molar-refractivity contribution >= 4 is 46.4 Å². The lowest BCUT2D eigenvalue weighted by Crippen LogP contribution is -2.34. The summed E-state index contributed by atoms with van der Waals surface area (Å²) in [6.45, 7) is 1.90. The van der Waals surface area contributed by atoms with Gasteiger partial charge in [-0.05, 0) is 43.2 Å². The van der Waals surface area contributed by atoms with Crippen LogP contribution in [0.5, 0.6) is 0 Å². The highest BCUT2D eigenvalue weighted by atomic mass is 35.5. The van der Waals surface area contributed by atoms with Gasteiger partial charge in [0.2, 0.25) is 0 Å². The van der Waals surface area contributed by atoms with Crippen molar-refractivity contribution < 1.29 is 4.79 Å². The van der Waals surface area contributed by atoms with Crippen LogP contribution in [-0.4, -0.2) is 24.1 Å². The second kappa shape index (κ2) is 7.59. The van der Waals surface area contributed by atoms with Crippen LogP contribution in [0.2, 0.25) is 10.0 Å². The summed E-state index contributed by atoms with van der Waals surface area (Å²) >= 11 is 11.9. The van der Waals surface area contributed by atoms with Crippen LogP contribution in [-0.2, 0) is 0 Å². The average molecular weight is 366 g/mol. The van der Waals surface area contributed by atoms with Crippen LogP contribution < -0.4 is 21.1 Å². The van der Waals surface area contributed by atoms with E-state index in [-0.39, 0.29) is 0 Å². The summed E-state index contributed by atoms with van der Waals surface area (Å²) in [4.78, 5) is 18.7. The molecule has 2 heterocycles. The molecule has 1 aromatic heterocycles. The van der Waals surface area contributed by atoms with Crippen molar-refractivity contribution in [3.63, 3.8) is 0 Å². The molecule has 0 bridgehead atoms. The quantitative estimate of drug-likeness (QED) is 0.712. The maximum Gasteiger partial charge on any atom is 0.337 e. The van der Waals surface area contributed by atoms with E-state index >= 15 is 0 Å². The third-order valence-corrected chi connectivity index (χ3v) is 4.23. The lowest BCUT2D eigenvalue weighted by molar-refractivity contribution is 0.254. The van der Waals surface area contributed by atoms with Gasteiger partial charge in [-0.3, -0.25) is 10.9 Å². The van der Waals surface area contributed by atoms with E-state index in [1.807, 2.05) is 6.07 Å². The van der Waals surface area contributed by atoms with Crippen LogP contribution in [0.3, 0.4) is 0 Å². The summed E-state index contributed by atoms with van der Waals surface area (Å²) in [6.07, 6.45) is 4.00. The number of aromatic nitrogens is 1. The Hall–Kier alpha value is -2.18. The zero-order valence-corrected chi connectivity index (χ0v) is 14.4. The predicted molar refractivity (Wildman–Crippen MR) is 97.9 cm³/mol. The van der Waals surface area contributed by atoms with Crippen LogP contribution in [0.25, 0.3) is 0 Å². The van der Waals surface area contributed by atoms with Crippen LogP contribution in [0.1, 0.15) is 12.8 Å². The molecule has 2 aromatic rings. The zero-order chi connectivity index (χ0) is 16.9. The Morgan fingerprint density at radius 2 is 1.92 bits per heavy atom. The Kier molecular flexibility index (Phi) is 5.27. The molecular weight excluding hydrogens is 349 g/mol. The molecule has 1 aromatic carbocycles. The number of carbonyl (C=O) groups is 1. The zero-order valence-electron chi connectivity index (χ0n) is 12.9. The van der Waals surface area contributed by atoms with Gasteiger partial charge in [0, 0.05) is 24.3 Å². The number of carbonyl (C=O) groups excluding carboxylic acids is 1. The Bertz CT molecular complexity index is 734. The second-order valence-electron chi connectivity index (χ2n) is 5.40. The van der Waals surface area contributed by atoms with Crippen molar-refractivity contribution in [1.29, 1.82) is 0 Å². The van der Waals surface area contributed by atoms with Gasteiger partial charge in [0.1, 0.15) is 0 Å². The molecule has 0 atom stereocenters. The van der Waals surface area contributed by atoms with Crippen molar-refractivity contribution in [3.8, 4) is 0 Å². The van der Waals surface area contributed by atoms with E-state index in [2.05, 4.69) is 26.1 Å². The Morgan fingerprint density at radius 3 is 2.67 bits per heavy atom. The number of hydrogen-bond acceptors (Lipinski definition) is 4. The predicted octanol–water partition coefficient (Wildman–Crippen LogP) is 4.14. The summed E-state index contributed by atoms with van der Waals surface area (Å²) in [5.41, 5.74) is 6.54. The van der Waals surface area contributed by atoms with Gasteiger partial charge in [0.15, 0.2) is 5.82 Å². The van der Waals surface area contributed by atoms with E-state index in [0.717, 1.165) is 31.7 Å². The Labute approximate surface area is 150 Å². The van der Waals surface area contributed by atoms with Crippen LogP contribution >= 0.6 is 23.2 Å². The van der Waals surface area contributed by atoms with E-state index in [1.165, 1.54) is 0 Å². The van der Waals surface area contributed by atoms with E-state index < -0.39 is 6.03 Å². The highest BCUT2D eigenvalue weighted by molar-refractivity contribution is 6.36. The summed E-state index contributed by atoms with van der Waals surface area (Å²) in [6, 6.07) is 8.17. The van der Waals surface area contributed by atoms with Gasteiger partial charge in [-0.1, -0.05) is 23.2 Å². The van der Waals surface area contributed by atoms with Gasteiger partial charge in [-0.25, -0.2) is 9.78 Å². The molecule has 0 unspecified atom stereocenters. The number of urea groups is 1. The Morgan fingerprint density at radius 1 is 1.12 bits per heavy atom. The molecule has 1 aliphatic heterocycles. The number of rotatable bonds is 4. The number of hydrazine groups is 1. The maximum absolute atomic E-state index is 12.1. The smallest absolute Gasteiger partial charge is 0.337 e. The number of anilines is 3. The van der Waals surface area contributed by atoms with E-state index in [4.69, 9.17) is 23.2 Å². The third kappa shape index (κ3) is 4.01. The first-order valence-corrected chi connectivity index (χ1v) is 8.37. The minimum absolute atomic E-state index is 0.408. The number of benzene rings is 1. The Balaban J connectivity index is 1.63. The molecule has 1 fully saturated rings. The fourth-order valence-electron chi connectivity index (χ4n) is 2.54. The molecule has 126 valence electrons. The van der Waals surface area contributed by atoms with Crippen molar-refractivity contribution in [1.82, 2.24) is 10.4 Å². The summed E-state index contributed by atoms with van der Waals surface area (Å²) in [5.74, 6) is 0.787. The molecule has 1 aliphatic rings. The van der Waals surface area contributed by atoms with E-state index in [9.17, 15) is 4.79 Å². The number of nitrogens with one attached hydrogen (secondary N) is 3. The van der Waals surface area contributed by atoms with Crippen molar-refractivity contribution in [2.24, 2.45) is 0 Å². The van der Waals surface area contributed by atoms with Crippen molar-refractivity contribution in [3.05, 3.63) is 46.6 Å². The average Bonchev–Trinajstić information content (AvgIpc) is 3.09. The molecule has 0 spiro atoms. The normalized spacial score (nSPS) is 13.7. The largest absolute Gasteiger partial charge is 0.355 e. The molecule has 2 amide bonds. The summed E-state index contributed by atoms with van der Waals surface area (Å²) in [7, 11) is 0. The first-order chi connectivity index (χ1) is 11.6. The minimum Gasteiger partial charge on any atom is -0.355 e. The van der Waals surface area contributed by atoms with Crippen molar-refractivity contribution in [2.75, 3.05) is 28.7 Å². The molecule has 3 N–H and O–H groups in total. The van der Waals surface area contributed by atoms with E-state index in [0.29, 0.717) is 21.4 Å². The molecule has 0 aliphatic carbocycles.